The summed E-state index contributed by atoms with van der Waals surface area (Å²) in [5.74, 6) is 0.0228. The third-order valence-corrected chi connectivity index (χ3v) is 6.72. The van der Waals surface area contributed by atoms with Gasteiger partial charge in [0.05, 0.1) is 12.8 Å². The van der Waals surface area contributed by atoms with Crippen LogP contribution in [-0.4, -0.2) is 68.9 Å². The van der Waals surface area contributed by atoms with Crippen molar-refractivity contribution in [3.05, 3.63) is 48.4 Å². The van der Waals surface area contributed by atoms with Crippen molar-refractivity contribution in [1.29, 1.82) is 5.26 Å². The molecule has 1 aliphatic rings. The van der Waals surface area contributed by atoms with E-state index >= 15 is 0 Å². The van der Waals surface area contributed by atoms with Gasteiger partial charge >= 0.3 is 14.1 Å². The van der Waals surface area contributed by atoms with E-state index in [1.807, 2.05) is 6.07 Å². The molecule has 0 aliphatic carbocycles. The lowest BCUT2D eigenvalue weighted by atomic mass is 9.92. The van der Waals surface area contributed by atoms with Gasteiger partial charge in [0, 0.05) is 10.6 Å². The number of hydrogen-bond donors (Lipinski definition) is 4. The maximum absolute atomic E-state index is 12.2. The molecule has 0 spiro atoms. The second kappa shape index (κ2) is 10.6. The van der Waals surface area contributed by atoms with Crippen molar-refractivity contribution in [1.82, 2.24) is 19.7 Å². The standard InChI is InChI=1S/C22H24N6O8P/c1-12(21(31)33-2)27-37(32)36-14-5-3-4-13(8-14)34-9-16-18(29)19(30)22(10-23,35-16)17-7-6-15-20(24)25-11-26-28(15)17/h3-8,11-12,16,18-19,29-30H,9H2,1-2H3,(H,27,32)(H2,24,25,26)/q+1/t12-,16+,18+,19+,22-/m0/s1. The zero-order valence-electron chi connectivity index (χ0n) is 19.7. The van der Waals surface area contributed by atoms with Crippen molar-refractivity contribution in [3.8, 4) is 17.6 Å². The van der Waals surface area contributed by atoms with E-state index in [-0.39, 0.29) is 29.6 Å². The second-order valence-corrected chi connectivity index (χ2v) is 9.06. The van der Waals surface area contributed by atoms with Crippen molar-refractivity contribution < 1.29 is 38.3 Å². The Morgan fingerprint density at radius 2 is 2.14 bits per heavy atom. The van der Waals surface area contributed by atoms with Crippen LogP contribution in [-0.2, 0) is 24.4 Å². The molecule has 1 aliphatic heterocycles. The van der Waals surface area contributed by atoms with Crippen LogP contribution in [0.2, 0.25) is 0 Å². The number of aliphatic hydroxyl groups is 2. The van der Waals surface area contributed by atoms with Crippen molar-refractivity contribution >= 4 is 25.5 Å². The molecule has 6 atom stereocenters. The molecule has 4 rings (SSSR count). The number of aromatic nitrogens is 3. The molecular weight excluding hydrogens is 507 g/mol. The Hall–Kier alpha value is -3.86. The van der Waals surface area contributed by atoms with Crippen molar-refractivity contribution in [2.24, 2.45) is 0 Å². The minimum Gasteiger partial charge on any atom is -0.491 e. The molecule has 0 saturated carbocycles. The van der Waals surface area contributed by atoms with E-state index in [4.69, 9.17) is 19.7 Å². The van der Waals surface area contributed by atoms with Crippen LogP contribution in [0.25, 0.3) is 5.52 Å². The van der Waals surface area contributed by atoms with Crippen LogP contribution >= 0.6 is 8.18 Å². The molecule has 1 fully saturated rings. The Kier molecular flexibility index (Phi) is 7.53. The van der Waals surface area contributed by atoms with Gasteiger partial charge in [0.2, 0.25) is 5.60 Å². The van der Waals surface area contributed by atoms with E-state index in [1.54, 1.807) is 18.2 Å². The fourth-order valence-corrected chi connectivity index (χ4v) is 4.64. The maximum Gasteiger partial charge on any atom is 0.664 e. The zero-order valence-corrected chi connectivity index (χ0v) is 20.6. The number of anilines is 1. The van der Waals surface area contributed by atoms with Crippen molar-refractivity contribution in [3.63, 3.8) is 0 Å². The molecule has 194 valence electrons. The van der Waals surface area contributed by atoms with Crippen LogP contribution in [0.4, 0.5) is 5.82 Å². The number of nitrogens with two attached hydrogens (primary N) is 1. The number of nitriles is 1. The molecule has 3 aromatic rings. The van der Waals surface area contributed by atoms with E-state index in [1.165, 1.54) is 43.1 Å². The number of aliphatic hydroxyl groups excluding tert-OH is 2. The van der Waals surface area contributed by atoms with Crippen LogP contribution in [0.1, 0.15) is 12.6 Å². The summed E-state index contributed by atoms with van der Waals surface area (Å²) in [4.78, 5) is 15.4. The molecule has 5 N–H and O–H groups in total. The number of carbonyl (C=O) groups is 1. The van der Waals surface area contributed by atoms with Gasteiger partial charge in [-0.15, -0.1) is 0 Å². The quantitative estimate of drug-likeness (QED) is 0.219. The van der Waals surface area contributed by atoms with Crippen LogP contribution < -0.4 is 20.1 Å². The lowest BCUT2D eigenvalue weighted by Crippen LogP contribution is -2.41. The van der Waals surface area contributed by atoms with Crippen LogP contribution in [0.15, 0.2) is 42.7 Å². The summed E-state index contributed by atoms with van der Waals surface area (Å²) < 4.78 is 34.9. The lowest BCUT2D eigenvalue weighted by molar-refractivity contribution is -0.142. The summed E-state index contributed by atoms with van der Waals surface area (Å²) in [6.45, 7) is 1.23. The third-order valence-electron chi connectivity index (χ3n) is 5.75. The molecule has 1 unspecified atom stereocenters. The number of hydrogen-bond acceptors (Lipinski definition) is 12. The topological polar surface area (TPSA) is 204 Å². The predicted octanol–water partition coefficient (Wildman–Crippen LogP) is 0.417. The van der Waals surface area contributed by atoms with Crippen molar-refractivity contribution in [2.45, 2.75) is 36.9 Å². The maximum atomic E-state index is 12.2. The Morgan fingerprint density at radius 1 is 1.38 bits per heavy atom. The van der Waals surface area contributed by atoms with Gasteiger partial charge in [-0.05, 0) is 31.2 Å². The molecule has 0 amide bonds. The van der Waals surface area contributed by atoms with Crippen LogP contribution in [0.3, 0.4) is 0 Å². The summed E-state index contributed by atoms with van der Waals surface area (Å²) in [5, 5.41) is 38.0. The number of ether oxygens (including phenoxy) is 3. The highest BCUT2D eigenvalue weighted by molar-refractivity contribution is 7.37. The summed E-state index contributed by atoms with van der Waals surface area (Å²) in [6.07, 6.45) is -2.99. The minimum atomic E-state index is -2.44. The average molecular weight is 531 g/mol. The highest BCUT2D eigenvalue weighted by Crippen LogP contribution is 2.40. The molecule has 0 bridgehead atoms. The van der Waals surface area contributed by atoms with E-state index < -0.39 is 44.1 Å². The van der Waals surface area contributed by atoms with Gasteiger partial charge < -0.3 is 30.2 Å². The fraction of sp³-hybridized carbons (Fsp3) is 0.364. The van der Waals surface area contributed by atoms with Gasteiger partial charge in [0.25, 0.3) is 0 Å². The van der Waals surface area contributed by atoms with Gasteiger partial charge in [-0.1, -0.05) is 11.2 Å². The van der Waals surface area contributed by atoms with Crippen molar-refractivity contribution in [2.75, 3.05) is 19.5 Å². The molecule has 14 nitrogen and oxygen atoms in total. The van der Waals surface area contributed by atoms with E-state index in [0.29, 0.717) is 5.52 Å². The third kappa shape index (κ3) is 5.04. The number of esters is 1. The first-order valence-corrected chi connectivity index (χ1v) is 12.1. The number of nitrogens with zero attached hydrogens (tertiary/aromatic N) is 4. The summed E-state index contributed by atoms with van der Waals surface area (Å²) in [6, 6.07) is 10.3. The normalized spacial score (nSPS) is 24.3. The Bertz CT molecular complexity index is 1360. The van der Waals surface area contributed by atoms with Gasteiger partial charge in [-0.3, -0.25) is 4.79 Å². The van der Waals surface area contributed by atoms with E-state index in [9.17, 15) is 24.8 Å². The smallest absolute Gasteiger partial charge is 0.491 e. The first-order valence-electron chi connectivity index (χ1n) is 11.0. The van der Waals surface area contributed by atoms with E-state index in [0.717, 1.165) is 0 Å². The number of rotatable bonds is 9. The molecule has 1 saturated heterocycles. The van der Waals surface area contributed by atoms with E-state index in [2.05, 4.69) is 19.9 Å². The monoisotopic (exact) mass is 531 g/mol. The lowest BCUT2D eigenvalue weighted by Gasteiger charge is -2.24. The molecule has 15 heteroatoms. The van der Waals surface area contributed by atoms with Gasteiger partial charge in [-0.25, -0.2) is 14.0 Å². The number of nitrogen functional groups attached to an aromatic ring is 1. The fourth-order valence-electron chi connectivity index (χ4n) is 3.86. The first kappa shape index (κ1) is 26.2. The predicted molar refractivity (Wildman–Crippen MR) is 126 cm³/mol. The first-order chi connectivity index (χ1) is 17.7. The second-order valence-electron chi connectivity index (χ2n) is 8.11. The van der Waals surface area contributed by atoms with Gasteiger partial charge in [0.1, 0.15) is 54.6 Å². The molecule has 2 aromatic heterocycles. The molecule has 37 heavy (non-hydrogen) atoms. The highest BCUT2D eigenvalue weighted by atomic mass is 31.1. The summed E-state index contributed by atoms with van der Waals surface area (Å²) in [5.41, 5.74) is 4.48. The van der Waals surface area contributed by atoms with Gasteiger partial charge in [0.15, 0.2) is 11.6 Å². The largest absolute Gasteiger partial charge is 0.664 e. The zero-order chi connectivity index (χ0) is 26.7. The number of methoxy groups -OCH3 is 1. The number of carbonyl (C=O) groups excluding carboxylic acids is 1. The van der Waals surface area contributed by atoms with Crippen LogP contribution in [0.5, 0.6) is 11.5 Å². The Labute approximate surface area is 211 Å². The average Bonchev–Trinajstić information content (AvgIpc) is 3.43. The van der Waals surface area contributed by atoms with Gasteiger partial charge in [-0.2, -0.15) is 10.4 Å². The molecule has 0 radical (unpaired) electrons. The Balaban J connectivity index is 1.45. The minimum absolute atomic E-state index is 0.168. The number of benzene rings is 1. The van der Waals surface area contributed by atoms with Crippen LogP contribution in [0, 0.1) is 11.3 Å². The molecule has 1 aromatic carbocycles. The number of fused-ring (bicyclic) bond motifs is 1. The molecule has 3 heterocycles. The highest BCUT2D eigenvalue weighted by Gasteiger charge is 2.57. The Morgan fingerprint density at radius 3 is 2.86 bits per heavy atom. The summed E-state index contributed by atoms with van der Waals surface area (Å²) >= 11 is 0. The summed E-state index contributed by atoms with van der Waals surface area (Å²) in [7, 11) is -1.23. The molecular formula is C22H24N6O8P+. The SMILES string of the molecule is COC(=O)[C@H](C)N[P+](=O)Oc1cccc(OC[C@H]2O[C@@](C#N)(c3ccc4c(N)ncnn34)[C@H](O)[C@@H]2O)c1. The number of nitrogens with one attached hydrogen (secondary N) is 1.